The summed E-state index contributed by atoms with van der Waals surface area (Å²) in [7, 11) is 1.72. The first-order valence-electron chi connectivity index (χ1n) is 6.92. The number of hydrogen-bond acceptors (Lipinski definition) is 3. The first kappa shape index (κ1) is 11.8. The molecule has 2 saturated carbocycles. The van der Waals surface area contributed by atoms with E-state index in [1.807, 2.05) is 12.1 Å². The summed E-state index contributed by atoms with van der Waals surface area (Å²) < 4.78 is 5.44. The molecule has 1 aromatic rings. The van der Waals surface area contributed by atoms with E-state index in [-0.39, 0.29) is 0 Å². The Morgan fingerprint density at radius 1 is 1.28 bits per heavy atom. The molecule has 0 bridgehead atoms. The molecule has 0 spiro atoms. The molecule has 0 aliphatic heterocycles. The van der Waals surface area contributed by atoms with Crippen LogP contribution in [0.1, 0.15) is 31.2 Å². The van der Waals surface area contributed by atoms with Crippen molar-refractivity contribution in [1.29, 1.82) is 0 Å². The zero-order valence-corrected chi connectivity index (χ0v) is 11.1. The van der Waals surface area contributed by atoms with Crippen LogP contribution in [0.25, 0.3) is 0 Å². The maximum Gasteiger partial charge on any atom is 0.125 e. The topological polar surface area (TPSA) is 38.5 Å². The maximum absolute atomic E-state index is 5.80. The summed E-state index contributed by atoms with van der Waals surface area (Å²) in [6, 6.07) is 6.82. The van der Waals surface area contributed by atoms with Crippen LogP contribution in [-0.2, 0) is 6.54 Å². The van der Waals surface area contributed by atoms with Gasteiger partial charge in [-0.1, -0.05) is 6.07 Å². The second-order valence-corrected chi connectivity index (χ2v) is 5.68. The molecule has 3 nitrogen and oxygen atoms in total. The SMILES string of the molecule is COc1cc(N)ccc1CN(CC1CC1)C1CC1. The number of methoxy groups -OCH3 is 1. The Kier molecular flexibility index (Phi) is 3.16. The van der Waals surface area contributed by atoms with Crippen LogP contribution in [0.2, 0.25) is 0 Å². The van der Waals surface area contributed by atoms with Gasteiger partial charge in [-0.2, -0.15) is 0 Å². The van der Waals surface area contributed by atoms with E-state index in [1.165, 1.54) is 37.8 Å². The zero-order chi connectivity index (χ0) is 12.5. The van der Waals surface area contributed by atoms with Crippen LogP contribution in [-0.4, -0.2) is 24.6 Å². The fraction of sp³-hybridized carbons (Fsp3) is 0.600. The van der Waals surface area contributed by atoms with E-state index in [0.29, 0.717) is 0 Å². The number of anilines is 1. The van der Waals surface area contributed by atoms with Crippen molar-refractivity contribution in [2.75, 3.05) is 19.4 Å². The average molecular weight is 246 g/mol. The second kappa shape index (κ2) is 4.81. The minimum absolute atomic E-state index is 0.774. The molecular weight excluding hydrogens is 224 g/mol. The number of hydrogen-bond donors (Lipinski definition) is 1. The van der Waals surface area contributed by atoms with Crippen LogP contribution < -0.4 is 10.5 Å². The lowest BCUT2D eigenvalue weighted by molar-refractivity contribution is 0.240. The molecule has 2 aliphatic rings. The van der Waals surface area contributed by atoms with Crippen molar-refractivity contribution in [2.24, 2.45) is 5.92 Å². The molecule has 0 atom stereocenters. The molecule has 98 valence electrons. The summed E-state index contributed by atoms with van der Waals surface area (Å²) in [6.07, 6.45) is 5.57. The molecule has 0 radical (unpaired) electrons. The minimum Gasteiger partial charge on any atom is -0.496 e. The van der Waals surface area contributed by atoms with Crippen molar-refractivity contribution >= 4 is 5.69 Å². The van der Waals surface area contributed by atoms with Gasteiger partial charge in [-0.3, -0.25) is 4.90 Å². The van der Waals surface area contributed by atoms with Gasteiger partial charge in [-0.25, -0.2) is 0 Å². The number of ether oxygens (including phenoxy) is 1. The largest absolute Gasteiger partial charge is 0.496 e. The Hall–Kier alpha value is -1.22. The molecular formula is C15H22N2O. The predicted molar refractivity (Wildman–Crippen MR) is 73.6 cm³/mol. The highest BCUT2D eigenvalue weighted by atomic mass is 16.5. The first-order chi connectivity index (χ1) is 8.76. The number of nitrogens with zero attached hydrogens (tertiary/aromatic N) is 1. The van der Waals surface area contributed by atoms with Gasteiger partial charge in [0, 0.05) is 36.4 Å². The molecule has 0 saturated heterocycles. The molecule has 2 N–H and O–H groups in total. The standard InChI is InChI=1S/C15H22N2O/c1-18-15-8-13(16)5-4-12(15)10-17(14-6-7-14)9-11-2-3-11/h4-5,8,11,14H,2-3,6-7,9-10,16H2,1H3. The Labute approximate surface area is 109 Å². The van der Waals surface area contributed by atoms with Gasteiger partial charge < -0.3 is 10.5 Å². The molecule has 1 aromatic carbocycles. The summed E-state index contributed by atoms with van der Waals surface area (Å²) in [5.74, 6) is 1.88. The van der Waals surface area contributed by atoms with E-state index in [2.05, 4.69) is 11.0 Å². The summed E-state index contributed by atoms with van der Waals surface area (Å²) in [4.78, 5) is 2.63. The third-order valence-corrected chi connectivity index (χ3v) is 3.94. The van der Waals surface area contributed by atoms with Crippen LogP contribution >= 0.6 is 0 Å². The van der Waals surface area contributed by atoms with Crippen LogP contribution in [0.4, 0.5) is 5.69 Å². The van der Waals surface area contributed by atoms with E-state index in [0.717, 1.165) is 29.9 Å². The predicted octanol–water partition coefficient (Wildman–Crippen LogP) is 2.65. The normalized spacial score (nSPS) is 19.2. The summed E-state index contributed by atoms with van der Waals surface area (Å²) in [5, 5.41) is 0. The van der Waals surface area contributed by atoms with Crippen LogP contribution in [0.5, 0.6) is 5.75 Å². The third-order valence-electron chi connectivity index (χ3n) is 3.94. The van der Waals surface area contributed by atoms with Crippen molar-refractivity contribution < 1.29 is 4.74 Å². The van der Waals surface area contributed by atoms with E-state index < -0.39 is 0 Å². The van der Waals surface area contributed by atoms with Crippen molar-refractivity contribution in [3.05, 3.63) is 23.8 Å². The van der Waals surface area contributed by atoms with Crippen molar-refractivity contribution in [1.82, 2.24) is 4.90 Å². The van der Waals surface area contributed by atoms with Gasteiger partial charge in [0.15, 0.2) is 0 Å². The van der Waals surface area contributed by atoms with E-state index in [9.17, 15) is 0 Å². The van der Waals surface area contributed by atoms with Gasteiger partial charge in [0.2, 0.25) is 0 Å². The molecule has 3 rings (SSSR count). The molecule has 0 unspecified atom stereocenters. The lowest BCUT2D eigenvalue weighted by Gasteiger charge is -2.23. The van der Waals surface area contributed by atoms with E-state index >= 15 is 0 Å². The number of benzene rings is 1. The Morgan fingerprint density at radius 3 is 2.67 bits per heavy atom. The van der Waals surface area contributed by atoms with Gasteiger partial charge in [0.05, 0.1) is 7.11 Å². The van der Waals surface area contributed by atoms with E-state index in [1.54, 1.807) is 7.11 Å². The first-order valence-corrected chi connectivity index (χ1v) is 6.92. The minimum atomic E-state index is 0.774. The Bertz CT molecular complexity index is 425. The highest BCUT2D eigenvalue weighted by molar-refractivity contribution is 5.48. The van der Waals surface area contributed by atoms with Gasteiger partial charge in [-0.15, -0.1) is 0 Å². The molecule has 3 heteroatoms. The van der Waals surface area contributed by atoms with E-state index in [4.69, 9.17) is 10.5 Å². The van der Waals surface area contributed by atoms with Crippen molar-refractivity contribution in [2.45, 2.75) is 38.3 Å². The fourth-order valence-electron chi connectivity index (χ4n) is 2.53. The lowest BCUT2D eigenvalue weighted by Crippen LogP contribution is -2.28. The third kappa shape index (κ3) is 2.78. The molecule has 2 aliphatic carbocycles. The van der Waals surface area contributed by atoms with Crippen LogP contribution in [0, 0.1) is 5.92 Å². The van der Waals surface area contributed by atoms with Crippen molar-refractivity contribution in [3.63, 3.8) is 0 Å². The van der Waals surface area contributed by atoms with Gasteiger partial charge in [-0.05, 0) is 37.7 Å². The van der Waals surface area contributed by atoms with Crippen molar-refractivity contribution in [3.8, 4) is 5.75 Å². The molecule has 0 aromatic heterocycles. The smallest absolute Gasteiger partial charge is 0.125 e. The Morgan fingerprint density at radius 2 is 2.06 bits per heavy atom. The van der Waals surface area contributed by atoms with Gasteiger partial charge in [0.25, 0.3) is 0 Å². The second-order valence-electron chi connectivity index (χ2n) is 5.68. The molecule has 0 heterocycles. The number of rotatable bonds is 6. The monoisotopic (exact) mass is 246 g/mol. The molecule has 18 heavy (non-hydrogen) atoms. The Balaban J connectivity index is 1.72. The molecule has 2 fully saturated rings. The maximum atomic E-state index is 5.80. The molecule has 0 amide bonds. The van der Waals surface area contributed by atoms with Gasteiger partial charge in [0.1, 0.15) is 5.75 Å². The average Bonchev–Trinajstić information content (AvgIpc) is 3.23. The highest BCUT2D eigenvalue weighted by Gasteiger charge is 2.33. The van der Waals surface area contributed by atoms with Crippen LogP contribution in [0.15, 0.2) is 18.2 Å². The fourth-order valence-corrected chi connectivity index (χ4v) is 2.53. The number of nitrogens with two attached hydrogens (primary N) is 1. The lowest BCUT2D eigenvalue weighted by atomic mass is 10.1. The quantitative estimate of drug-likeness (QED) is 0.784. The highest BCUT2D eigenvalue weighted by Crippen LogP contribution is 2.36. The zero-order valence-electron chi connectivity index (χ0n) is 11.1. The van der Waals surface area contributed by atoms with Crippen LogP contribution in [0.3, 0.4) is 0 Å². The number of nitrogen functional groups attached to an aromatic ring is 1. The summed E-state index contributed by atoms with van der Waals surface area (Å²) in [6.45, 7) is 2.27. The van der Waals surface area contributed by atoms with Gasteiger partial charge >= 0.3 is 0 Å². The summed E-state index contributed by atoms with van der Waals surface area (Å²) in [5.41, 5.74) is 7.84. The summed E-state index contributed by atoms with van der Waals surface area (Å²) >= 11 is 0.